The van der Waals surface area contributed by atoms with Gasteiger partial charge in [0.15, 0.2) is 5.58 Å². The Bertz CT molecular complexity index is 1670. The van der Waals surface area contributed by atoms with Crippen LogP contribution in [0.15, 0.2) is 70.1 Å². The van der Waals surface area contributed by atoms with E-state index in [1.54, 1.807) is 42.6 Å². The third-order valence-electron chi connectivity index (χ3n) is 6.15. The number of carbonyl (C=O) groups excluding carboxylic acids is 1. The average molecular weight is 571 g/mol. The summed E-state index contributed by atoms with van der Waals surface area (Å²) in [6.07, 6.45) is 4.54. The molecule has 1 fully saturated rings. The average Bonchev–Trinajstić information content (AvgIpc) is 3.36. The summed E-state index contributed by atoms with van der Waals surface area (Å²) >= 11 is 6.48. The lowest BCUT2D eigenvalue weighted by Crippen LogP contribution is -2.40. The van der Waals surface area contributed by atoms with Crippen LogP contribution < -0.4 is 11.1 Å². The Hall–Kier alpha value is -3.77. The first-order chi connectivity index (χ1) is 18.7. The number of amides is 1. The van der Waals surface area contributed by atoms with Gasteiger partial charge in [-0.05, 0) is 65.2 Å². The SMILES string of the molecule is Nc1ccc(C=CC(=O)NCc2cc3cc(-c4ccc(F)c(S(=O)(=O)N5CCOCC5)c4)cc(Cl)c3o2)cn1. The molecule has 1 aliphatic rings. The summed E-state index contributed by atoms with van der Waals surface area (Å²) in [6, 6.07) is 12.4. The monoisotopic (exact) mass is 570 g/mol. The summed E-state index contributed by atoms with van der Waals surface area (Å²) in [7, 11) is -4.04. The molecule has 0 spiro atoms. The number of anilines is 1. The Morgan fingerprint density at radius 2 is 1.92 bits per heavy atom. The molecule has 0 unspecified atom stereocenters. The number of hydrogen-bond donors (Lipinski definition) is 2. The fraction of sp³-hybridized carbons (Fsp3) is 0.185. The number of nitrogens with two attached hydrogens (primary N) is 1. The van der Waals surface area contributed by atoms with Gasteiger partial charge in [0.05, 0.1) is 24.8 Å². The van der Waals surface area contributed by atoms with Crippen LogP contribution in [0, 0.1) is 5.82 Å². The topological polar surface area (TPSA) is 128 Å². The summed E-state index contributed by atoms with van der Waals surface area (Å²) < 4.78 is 53.1. The molecule has 1 amide bonds. The second kappa shape index (κ2) is 11.1. The first-order valence-electron chi connectivity index (χ1n) is 12.0. The number of hydrogen-bond acceptors (Lipinski definition) is 7. The number of ether oxygens (including phenoxy) is 1. The Morgan fingerprint density at radius 1 is 1.13 bits per heavy atom. The van der Waals surface area contributed by atoms with Crippen LogP contribution in [0.3, 0.4) is 0 Å². The van der Waals surface area contributed by atoms with Crippen molar-refractivity contribution in [2.45, 2.75) is 11.4 Å². The van der Waals surface area contributed by atoms with Gasteiger partial charge in [-0.15, -0.1) is 0 Å². The van der Waals surface area contributed by atoms with Gasteiger partial charge >= 0.3 is 0 Å². The molecule has 1 saturated heterocycles. The number of aromatic nitrogens is 1. The Morgan fingerprint density at radius 3 is 2.67 bits per heavy atom. The van der Waals surface area contributed by atoms with Crippen LogP contribution in [0.1, 0.15) is 11.3 Å². The molecule has 202 valence electrons. The fourth-order valence-electron chi connectivity index (χ4n) is 4.14. The van der Waals surface area contributed by atoms with Crippen molar-refractivity contribution >= 4 is 50.4 Å². The van der Waals surface area contributed by atoms with E-state index >= 15 is 0 Å². The number of carbonyl (C=O) groups is 1. The van der Waals surface area contributed by atoms with E-state index < -0.39 is 20.7 Å². The van der Waals surface area contributed by atoms with Crippen molar-refractivity contribution in [2.75, 3.05) is 32.0 Å². The van der Waals surface area contributed by atoms with Crippen LogP contribution in [0.5, 0.6) is 0 Å². The van der Waals surface area contributed by atoms with E-state index in [2.05, 4.69) is 10.3 Å². The normalized spacial score (nSPS) is 14.7. The number of fused-ring (bicyclic) bond motifs is 1. The molecule has 2 aromatic carbocycles. The number of nitrogen functional groups attached to an aromatic ring is 1. The van der Waals surface area contributed by atoms with Crippen molar-refractivity contribution in [3.05, 3.63) is 83.0 Å². The minimum Gasteiger partial charge on any atom is -0.458 e. The smallest absolute Gasteiger partial charge is 0.246 e. The van der Waals surface area contributed by atoms with E-state index in [9.17, 15) is 17.6 Å². The third-order valence-corrected chi connectivity index (χ3v) is 8.34. The maximum absolute atomic E-state index is 14.7. The molecule has 0 bridgehead atoms. The molecule has 3 heterocycles. The maximum atomic E-state index is 14.7. The third kappa shape index (κ3) is 5.96. The molecular formula is C27H24ClFN4O5S. The summed E-state index contributed by atoms with van der Waals surface area (Å²) in [5.41, 5.74) is 7.76. The van der Waals surface area contributed by atoms with Crippen LogP contribution >= 0.6 is 11.6 Å². The Balaban J connectivity index is 1.35. The number of nitrogens with one attached hydrogen (secondary N) is 1. The molecule has 0 radical (unpaired) electrons. The molecule has 3 N–H and O–H groups in total. The largest absolute Gasteiger partial charge is 0.458 e. The molecular weight excluding hydrogens is 547 g/mol. The number of sulfonamides is 1. The number of benzene rings is 2. The predicted molar refractivity (Wildman–Crippen MR) is 146 cm³/mol. The van der Waals surface area contributed by atoms with E-state index in [1.807, 2.05) is 0 Å². The van der Waals surface area contributed by atoms with Crippen LogP contribution in [-0.4, -0.2) is 49.9 Å². The zero-order valence-corrected chi connectivity index (χ0v) is 22.1. The number of rotatable bonds is 7. The van der Waals surface area contributed by atoms with Gasteiger partial charge in [0.1, 0.15) is 22.3 Å². The van der Waals surface area contributed by atoms with Crippen molar-refractivity contribution < 1.29 is 26.8 Å². The van der Waals surface area contributed by atoms with Crippen LogP contribution in [0.4, 0.5) is 10.2 Å². The Labute approximate surface area is 229 Å². The summed E-state index contributed by atoms with van der Waals surface area (Å²) in [5, 5.41) is 3.67. The highest BCUT2D eigenvalue weighted by Gasteiger charge is 2.29. The van der Waals surface area contributed by atoms with Gasteiger partial charge in [-0.2, -0.15) is 4.31 Å². The number of halogens is 2. The van der Waals surface area contributed by atoms with E-state index in [0.29, 0.717) is 33.7 Å². The standard InChI is InChI=1S/C27H24ClFN4O5S/c28-22-13-19(18-3-4-23(29)24(14-18)39(35,36)33-7-9-37-10-8-33)11-20-12-21(38-27(20)22)16-32-26(34)6-2-17-1-5-25(30)31-15-17/h1-6,11-15H,7-10,16H2,(H2,30,31)(H,32,34). The van der Waals surface area contributed by atoms with Gasteiger partial charge < -0.3 is 20.2 Å². The quantitative estimate of drug-likeness (QED) is 0.318. The summed E-state index contributed by atoms with van der Waals surface area (Å²) in [5.74, 6) is -0.310. The summed E-state index contributed by atoms with van der Waals surface area (Å²) in [6.45, 7) is 0.944. The molecule has 1 aliphatic heterocycles. The molecule has 2 aromatic heterocycles. The van der Waals surface area contributed by atoms with Gasteiger partial charge in [-0.1, -0.05) is 17.7 Å². The van der Waals surface area contributed by atoms with Gasteiger partial charge in [-0.25, -0.2) is 17.8 Å². The van der Waals surface area contributed by atoms with Crippen LogP contribution in [0.2, 0.25) is 5.02 Å². The number of pyridine rings is 1. The van der Waals surface area contributed by atoms with Crippen molar-refractivity contribution in [1.29, 1.82) is 0 Å². The second-order valence-corrected chi connectivity index (χ2v) is 11.1. The fourth-order valence-corrected chi connectivity index (χ4v) is 5.91. The zero-order valence-electron chi connectivity index (χ0n) is 20.6. The lowest BCUT2D eigenvalue weighted by molar-refractivity contribution is -0.116. The van der Waals surface area contributed by atoms with E-state index in [0.717, 1.165) is 11.6 Å². The van der Waals surface area contributed by atoms with Gasteiger partial charge in [-0.3, -0.25) is 4.79 Å². The minimum absolute atomic E-state index is 0.113. The number of nitrogens with zero attached hydrogens (tertiary/aromatic N) is 2. The minimum atomic E-state index is -4.04. The molecule has 5 rings (SSSR count). The van der Waals surface area contributed by atoms with Crippen molar-refractivity contribution in [3.8, 4) is 11.1 Å². The molecule has 0 aliphatic carbocycles. The predicted octanol–water partition coefficient (Wildman–Crippen LogP) is 4.22. The highest BCUT2D eigenvalue weighted by Crippen LogP contribution is 2.34. The van der Waals surface area contributed by atoms with E-state index in [-0.39, 0.29) is 43.8 Å². The Kier molecular flexibility index (Phi) is 7.67. The van der Waals surface area contributed by atoms with Gasteiger partial charge in [0, 0.05) is 30.7 Å². The molecule has 9 nitrogen and oxygen atoms in total. The number of furan rings is 1. The highest BCUT2D eigenvalue weighted by molar-refractivity contribution is 7.89. The van der Waals surface area contributed by atoms with E-state index in [4.69, 9.17) is 26.5 Å². The van der Waals surface area contributed by atoms with Crippen molar-refractivity contribution in [3.63, 3.8) is 0 Å². The van der Waals surface area contributed by atoms with E-state index in [1.165, 1.54) is 22.5 Å². The summed E-state index contributed by atoms with van der Waals surface area (Å²) in [4.78, 5) is 15.8. The molecule has 0 atom stereocenters. The number of morpholine rings is 1. The second-order valence-electron chi connectivity index (χ2n) is 8.82. The lowest BCUT2D eigenvalue weighted by Gasteiger charge is -2.26. The maximum Gasteiger partial charge on any atom is 0.246 e. The lowest BCUT2D eigenvalue weighted by atomic mass is 10.0. The van der Waals surface area contributed by atoms with Crippen molar-refractivity contribution in [2.24, 2.45) is 0 Å². The first kappa shape index (κ1) is 26.8. The molecule has 39 heavy (non-hydrogen) atoms. The molecule has 12 heteroatoms. The highest BCUT2D eigenvalue weighted by atomic mass is 35.5. The van der Waals surface area contributed by atoms with Crippen LogP contribution in [-0.2, 0) is 26.1 Å². The first-order valence-corrected chi connectivity index (χ1v) is 13.8. The van der Waals surface area contributed by atoms with Gasteiger partial charge in [0.25, 0.3) is 0 Å². The molecule has 0 saturated carbocycles. The van der Waals surface area contributed by atoms with Crippen molar-refractivity contribution in [1.82, 2.24) is 14.6 Å². The molecule has 4 aromatic rings. The van der Waals surface area contributed by atoms with Crippen LogP contribution in [0.25, 0.3) is 28.2 Å². The zero-order chi connectivity index (χ0) is 27.6. The van der Waals surface area contributed by atoms with Gasteiger partial charge in [0.2, 0.25) is 15.9 Å².